The minimum atomic E-state index is 0.148. The second-order valence-electron chi connectivity index (χ2n) is 3.07. The van der Waals surface area contributed by atoms with Gasteiger partial charge in [0.2, 0.25) is 0 Å². The first kappa shape index (κ1) is 8.36. The molecule has 0 amide bonds. The smallest absolute Gasteiger partial charge is 0.0627 e. The van der Waals surface area contributed by atoms with Crippen molar-refractivity contribution in [1.82, 2.24) is 0 Å². The molecule has 0 spiro atoms. The van der Waals surface area contributed by atoms with E-state index in [0.29, 0.717) is 10.0 Å². The van der Waals surface area contributed by atoms with Gasteiger partial charge in [0.1, 0.15) is 0 Å². The number of rotatable bonds is 0. The SMILES string of the molecule is N[C@@H]1CCc2c1ccc(Cl)c2Cl. The first-order valence-corrected chi connectivity index (χ1v) is 4.68. The Bertz CT molecular complexity index is 323. The second kappa shape index (κ2) is 2.91. The monoisotopic (exact) mass is 201 g/mol. The van der Waals surface area contributed by atoms with Crippen LogP contribution in [0, 0.1) is 0 Å². The third-order valence-corrected chi connectivity index (χ3v) is 3.18. The van der Waals surface area contributed by atoms with Gasteiger partial charge in [0.15, 0.2) is 0 Å². The predicted molar refractivity (Wildman–Crippen MR) is 51.7 cm³/mol. The quantitative estimate of drug-likeness (QED) is 0.687. The van der Waals surface area contributed by atoms with Crippen LogP contribution in [0.25, 0.3) is 0 Å². The van der Waals surface area contributed by atoms with Crippen molar-refractivity contribution in [2.45, 2.75) is 18.9 Å². The van der Waals surface area contributed by atoms with Crippen LogP contribution in [0.4, 0.5) is 0 Å². The van der Waals surface area contributed by atoms with Crippen molar-refractivity contribution in [3.05, 3.63) is 33.3 Å². The van der Waals surface area contributed by atoms with Gasteiger partial charge in [-0.2, -0.15) is 0 Å². The molecule has 3 heteroatoms. The van der Waals surface area contributed by atoms with Gasteiger partial charge in [0.25, 0.3) is 0 Å². The summed E-state index contributed by atoms with van der Waals surface area (Å²) in [6.45, 7) is 0. The summed E-state index contributed by atoms with van der Waals surface area (Å²) < 4.78 is 0. The zero-order valence-corrected chi connectivity index (χ0v) is 7.99. The maximum Gasteiger partial charge on any atom is 0.0627 e. The fourth-order valence-electron chi connectivity index (χ4n) is 1.66. The van der Waals surface area contributed by atoms with Gasteiger partial charge in [0.05, 0.1) is 10.0 Å². The summed E-state index contributed by atoms with van der Waals surface area (Å²) in [4.78, 5) is 0. The molecule has 12 heavy (non-hydrogen) atoms. The average Bonchev–Trinajstić information content (AvgIpc) is 2.41. The Labute approximate surface area is 81.5 Å². The van der Waals surface area contributed by atoms with Gasteiger partial charge in [-0.25, -0.2) is 0 Å². The lowest BCUT2D eigenvalue weighted by Crippen LogP contribution is -2.04. The zero-order chi connectivity index (χ0) is 8.72. The molecule has 1 aliphatic rings. The lowest BCUT2D eigenvalue weighted by molar-refractivity contribution is 0.713. The Balaban J connectivity index is 2.60. The maximum atomic E-state index is 6.02. The van der Waals surface area contributed by atoms with Crippen LogP contribution in [0.1, 0.15) is 23.6 Å². The number of fused-ring (bicyclic) bond motifs is 1. The summed E-state index contributed by atoms with van der Waals surface area (Å²) in [6, 6.07) is 3.93. The van der Waals surface area contributed by atoms with Gasteiger partial charge in [-0.05, 0) is 30.0 Å². The zero-order valence-electron chi connectivity index (χ0n) is 6.48. The molecule has 1 atom stereocenters. The van der Waals surface area contributed by atoms with E-state index in [4.69, 9.17) is 28.9 Å². The third kappa shape index (κ3) is 1.13. The molecule has 1 aliphatic carbocycles. The molecular formula is C9H9Cl2N. The molecule has 0 aromatic heterocycles. The number of benzene rings is 1. The van der Waals surface area contributed by atoms with Crippen molar-refractivity contribution in [2.24, 2.45) is 5.73 Å². The highest BCUT2D eigenvalue weighted by molar-refractivity contribution is 6.42. The van der Waals surface area contributed by atoms with E-state index in [2.05, 4.69) is 0 Å². The van der Waals surface area contributed by atoms with E-state index in [1.165, 1.54) is 0 Å². The lowest BCUT2D eigenvalue weighted by atomic mass is 10.1. The fraction of sp³-hybridized carbons (Fsp3) is 0.333. The Morgan fingerprint density at radius 3 is 2.83 bits per heavy atom. The number of hydrogen-bond acceptors (Lipinski definition) is 1. The molecule has 0 unspecified atom stereocenters. The van der Waals surface area contributed by atoms with Gasteiger partial charge >= 0.3 is 0 Å². The highest BCUT2D eigenvalue weighted by atomic mass is 35.5. The minimum absolute atomic E-state index is 0.148. The molecule has 1 nitrogen and oxygen atoms in total. The van der Waals surface area contributed by atoms with Crippen molar-refractivity contribution in [3.63, 3.8) is 0 Å². The average molecular weight is 202 g/mol. The molecule has 0 saturated heterocycles. The molecule has 2 N–H and O–H groups in total. The van der Waals surface area contributed by atoms with Crippen LogP contribution in [0.3, 0.4) is 0 Å². The van der Waals surface area contributed by atoms with E-state index in [0.717, 1.165) is 24.0 Å². The lowest BCUT2D eigenvalue weighted by Gasteiger charge is -2.06. The largest absolute Gasteiger partial charge is 0.324 e. The summed E-state index contributed by atoms with van der Waals surface area (Å²) in [6.07, 6.45) is 1.94. The van der Waals surface area contributed by atoms with Crippen molar-refractivity contribution < 1.29 is 0 Å². The predicted octanol–water partition coefficient (Wildman–Crippen LogP) is 2.94. The molecule has 2 rings (SSSR count). The van der Waals surface area contributed by atoms with Crippen molar-refractivity contribution >= 4 is 23.2 Å². The van der Waals surface area contributed by atoms with E-state index in [1.54, 1.807) is 0 Å². The number of hydrogen-bond donors (Lipinski definition) is 1. The van der Waals surface area contributed by atoms with E-state index in [1.807, 2.05) is 12.1 Å². The molecule has 0 saturated carbocycles. The molecule has 0 aliphatic heterocycles. The molecule has 0 heterocycles. The van der Waals surface area contributed by atoms with Gasteiger partial charge in [0, 0.05) is 6.04 Å². The van der Waals surface area contributed by atoms with E-state index in [-0.39, 0.29) is 6.04 Å². The Kier molecular flexibility index (Phi) is 2.03. The Morgan fingerprint density at radius 2 is 2.08 bits per heavy atom. The molecule has 64 valence electrons. The molecule has 1 aromatic rings. The van der Waals surface area contributed by atoms with Crippen LogP contribution in [-0.4, -0.2) is 0 Å². The van der Waals surface area contributed by atoms with Crippen LogP contribution in [0.5, 0.6) is 0 Å². The molecular weight excluding hydrogens is 193 g/mol. The summed E-state index contributed by atoms with van der Waals surface area (Å²) in [5.74, 6) is 0. The van der Waals surface area contributed by atoms with Crippen LogP contribution < -0.4 is 5.73 Å². The van der Waals surface area contributed by atoms with Crippen LogP contribution in [0.2, 0.25) is 10.0 Å². The first-order valence-electron chi connectivity index (χ1n) is 3.92. The van der Waals surface area contributed by atoms with Gasteiger partial charge < -0.3 is 5.73 Å². The standard InChI is InChI=1S/C9H9Cl2N/c10-7-3-1-5-6(9(7)11)2-4-8(5)12/h1,3,8H,2,4,12H2/t8-/m1/s1. The van der Waals surface area contributed by atoms with Gasteiger partial charge in [-0.15, -0.1) is 0 Å². The second-order valence-corrected chi connectivity index (χ2v) is 3.86. The number of nitrogens with two attached hydrogens (primary N) is 1. The highest BCUT2D eigenvalue weighted by Crippen LogP contribution is 2.37. The van der Waals surface area contributed by atoms with Crippen LogP contribution >= 0.6 is 23.2 Å². The van der Waals surface area contributed by atoms with Gasteiger partial charge in [-0.1, -0.05) is 29.3 Å². The minimum Gasteiger partial charge on any atom is -0.324 e. The Morgan fingerprint density at radius 1 is 1.33 bits per heavy atom. The molecule has 1 aromatic carbocycles. The summed E-state index contributed by atoms with van der Waals surface area (Å²) in [5.41, 5.74) is 8.16. The van der Waals surface area contributed by atoms with Crippen LogP contribution in [-0.2, 0) is 6.42 Å². The van der Waals surface area contributed by atoms with Crippen LogP contribution in [0.15, 0.2) is 12.1 Å². The topological polar surface area (TPSA) is 26.0 Å². The van der Waals surface area contributed by atoms with E-state index < -0.39 is 0 Å². The molecule has 0 bridgehead atoms. The summed E-state index contributed by atoms with van der Waals surface area (Å²) >= 11 is 11.9. The van der Waals surface area contributed by atoms with E-state index >= 15 is 0 Å². The number of halogens is 2. The third-order valence-electron chi connectivity index (χ3n) is 2.34. The van der Waals surface area contributed by atoms with E-state index in [9.17, 15) is 0 Å². The summed E-state index contributed by atoms with van der Waals surface area (Å²) in [7, 11) is 0. The first-order chi connectivity index (χ1) is 5.70. The maximum absolute atomic E-state index is 6.02. The van der Waals surface area contributed by atoms with Gasteiger partial charge in [-0.3, -0.25) is 0 Å². The normalized spacial score (nSPS) is 21.1. The fourth-order valence-corrected chi connectivity index (χ4v) is 2.11. The molecule has 0 fully saturated rings. The Hall–Kier alpha value is -0.240. The molecule has 0 radical (unpaired) electrons. The summed E-state index contributed by atoms with van der Waals surface area (Å²) in [5, 5.41) is 1.31. The van der Waals surface area contributed by atoms with Crippen molar-refractivity contribution in [2.75, 3.05) is 0 Å². The van der Waals surface area contributed by atoms with Crippen molar-refractivity contribution in [1.29, 1.82) is 0 Å². The highest BCUT2D eigenvalue weighted by Gasteiger charge is 2.22. The van der Waals surface area contributed by atoms with Crippen molar-refractivity contribution in [3.8, 4) is 0 Å².